The van der Waals surface area contributed by atoms with Crippen LogP contribution in [0.4, 0.5) is 31.1 Å². The van der Waals surface area contributed by atoms with Gasteiger partial charge in [-0.3, -0.25) is 4.90 Å². The summed E-state index contributed by atoms with van der Waals surface area (Å²) in [6, 6.07) is 19.3. The van der Waals surface area contributed by atoms with Crippen LogP contribution < -0.4 is 0 Å². The molecule has 10 heteroatoms. The van der Waals surface area contributed by atoms with Crippen molar-refractivity contribution in [1.29, 1.82) is 0 Å². The third-order valence-electron chi connectivity index (χ3n) is 5.28. The maximum atomic E-state index is 12.7. The van der Waals surface area contributed by atoms with Gasteiger partial charge >= 0.3 is 18.4 Å². The Kier molecular flexibility index (Phi) is 7.33. The lowest BCUT2D eigenvalue weighted by molar-refractivity contribution is -0.308. The number of hydrogen-bond acceptors (Lipinski definition) is 3. The zero-order valence-electron chi connectivity index (χ0n) is 16.9. The fraction of sp³-hybridized carbons (Fsp3) is 0.409. The summed E-state index contributed by atoms with van der Waals surface area (Å²) in [6.45, 7) is 0.479. The molecule has 1 heterocycles. The molecule has 32 heavy (non-hydrogen) atoms. The van der Waals surface area contributed by atoms with Gasteiger partial charge in [0.25, 0.3) is 6.10 Å². The molecular formula is C22H22F6N2O2. The van der Waals surface area contributed by atoms with E-state index in [0.717, 1.165) is 16.0 Å². The summed E-state index contributed by atoms with van der Waals surface area (Å²) in [6.07, 6.45) is -16.6. The fourth-order valence-corrected chi connectivity index (χ4v) is 3.68. The molecule has 1 fully saturated rings. The van der Waals surface area contributed by atoms with Crippen LogP contribution in [0.2, 0.25) is 0 Å². The predicted molar refractivity (Wildman–Crippen MR) is 105 cm³/mol. The number of piperazine rings is 1. The highest BCUT2D eigenvalue weighted by atomic mass is 19.4. The molecule has 3 rings (SSSR count). The molecule has 1 amide bonds. The van der Waals surface area contributed by atoms with Gasteiger partial charge in [0.05, 0.1) is 0 Å². The van der Waals surface area contributed by atoms with Crippen LogP contribution in [0.15, 0.2) is 60.7 Å². The van der Waals surface area contributed by atoms with Gasteiger partial charge in [0, 0.05) is 32.2 Å². The lowest BCUT2D eigenvalue weighted by atomic mass is 9.97. The van der Waals surface area contributed by atoms with Crippen LogP contribution >= 0.6 is 0 Å². The van der Waals surface area contributed by atoms with Crippen molar-refractivity contribution in [3.05, 3.63) is 71.8 Å². The standard InChI is InChI=1S/C22H22F6N2O2/c23-21(24,25)19(22(26,27)28)32-20(31)30-13-11-29(12-14-30)18(17-9-5-2-6-10-17)15-16-7-3-1-4-8-16/h1-10,18-19H,11-15H2/t18-/m0/s1. The first kappa shape index (κ1) is 23.9. The van der Waals surface area contributed by atoms with Gasteiger partial charge in [-0.2, -0.15) is 26.3 Å². The monoisotopic (exact) mass is 460 g/mol. The van der Waals surface area contributed by atoms with Gasteiger partial charge in [0.1, 0.15) is 0 Å². The quantitative estimate of drug-likeness (QED) is 0.574. The number of halogens is 6. The van der Waals surface area contributed by atoms with Gasteiger partial charge in [-0.05, 0) is 17.5 Å². The van der Waals surface area contributed by atoms with Crippen molar-refractivity contribution in [3.8, 4) is 0 Å². The highest BCUT2D eigenvalue weighted by Gasteiger charge is 2.60. The van der Waals surface area contributed by atoms with E-state index in [1.165, 1.54) is 0 Å². The Labute approximate surface area is 181 Å². The number of benzene rings is 2. The molecule has 174 valence electrons. The summed E-state index contributed by atoms with van der Waals surface area (Å²) in [4.78, 5) is 15.0. The summed E-state index contributed by atoms with van der Waals surface area (Å²) in [5.74, 6) is 0. The van der Waals surface area contributed by atoms with Crippen LogP contribution in [0.5, 0.6) is 0 Å². The number of hydrogen-bond donors (Lipinski definition) is 0. The van der Waals surface area contributed by atoms with Gasteiger partial charge in [0.15, 0.2) is 0 Å². The molecule has 0 bridgehead atoms. The van der Waals surface area contributed by atoms with Gasteiger partial charge in [-0.1, -0.05) is 60.7 Å². The molecule has 0 spiro atoms. The number of amides is 1. The molecule has 1 aliphatic heterocycles. The van der Waals surface area contributed by atoms with Gasteiger partial charge in [-0.15, -0.1) is 0 Å². The number of rotatable bonds is 5. The van der Waals surface area contributed by atoms with Crippen LogP contribution in [0.1, 0.15) is 17.2 Å². The van der Waals surface area contributed by atoms with E-state index >= 15 is 0 Å². The molecular weight excluding hydrogens is 438 g/mol. The van der Waals surface area contributed by atoms with Crippen molar-refractivity contribution < 1.29 is 35.9 Å². The van der Waals surface area contributed by atoms with E-state index in [2.05, 4.69) is 9.64 Å². The van der Waals surface area contributed by atoms with Crippen LogP contribution in [-0.4, -0.2) is 60.5 Å². The molecule has 2 aromatic rings. The lowest BCUT2D eigenvalue weighted by Crippen LogP contribution is -2.53. The molecule has 1 atom stereocenters. The Bertz CT molecular complexity index is 851. The SMILES string of the molecule is O=C(OC(C(F)(F)F)C(F)(F)F)N1CCN([C@@H](Cc2ccccc2)c2ccccc2)CC1. The summed E-state index contributed by atoms with van der Waals surface area (Å²) in [5.41, 5.74) is 2.11. The second-order valence-electron chi connectivity index (χ2n) is 7.49. The number of alkyl halides is 6. The number of nitrogens with zero attached hydrogens (tertiary/aromatic N) is 2. The minimum absolute atomic E-state index is 0.0423. The van der Waals surface area contributed by atoms with E-state index in [1.54, 1.807) is 0 Å². The highest BCUT2D eigenvalue weighted by Crippen LogP contribution is 2.36. The zero-order valence-corrected chi connectivity index (χ0v) is 16.9. The Balaban J connectivity index is 1.67. The largest absolute Gasteiger partial charge is 0.434 e. The van der Waals surface area contributed by atoms with Crippen LogP contribution in [0, 0.1) is 0 Å². The molecule has 0 radical (unpaired) electrons. The number of carbonyl (C=O) groups is 1. The zero-order chi connectivity index (χ0) is 23.4. The summed E-state index contributed by atoms with van der Waals surface area (Å²) < 4.78 is 79.9. The van der Waals surface area contributed by atoms with E-state index in [1.807, 2.05) is 60.7 Å². The smallest absolute Gasteiger partial charge is 0.426 e. The average molecular weight is 460 g/mol. The number of ether oxygens (including phenoxy) is 1. The number of carbonyl (C=O) groups excluding carboxylic acids is 1. The topological polar surface area (TPSA) is 32.8 Å². The molecule has 0 saturated carbocycles. The Morgan fingerprint density at radius 1 is 0.812 bits per heavy atom. The first-order chi connectivity index (χ1) is 15.1. The lowest BCUT2D eigenvalue weighted by Gasteiger charge is -2.39. The van der Waals surface area contributed by atoms with Gasteiger partial charge in [0.2, 0.25) is 0 Å². The van der Waals surface area contributed by atoms with Crippen molar-refractivity contribution in [2.24, 2.45) is 0 Å². The Morgan fingerprint density at radius 2 is 1.31 bits per heavy atom. The van der Waals surface area contributed by atoms with Gasteiger partial charge < -0.3 is 9.64 Å². The molecule has 0 N–H and O–H groups in total. The molecule has 0 unspecified atom stereocenters. The first-order valence-electron chi connectivity index (χ1n) is 9.97. The van der Waals surface area contributed by atoms with Crippen LogP contribution in [0.25, 0.3) is 0 Å². The van der Waals surface area contributed by atoms with Crippen molar-refractivity contribution >= 4 is 6.09 Å². The Hall–Kier alpha value is -2.75. The van der Waals surface area contributed by atoms with Crippen LogP contribution in [-0.2, 0) is 11.2 Å². The van der Waals surface area contributed by atoms with Crippen molar-refractivity contribution in [2.45, 2.75) is 30.9 Å². The molecule has 1 aliphatic rings. The van der Waals surface area contributed by atoms with Gasteiger partial charge in [-0.25, -0.2) is 4.79 Å². The van der Waals surface area contributed by atoms with E-state index in [-0.39, 0.29) is 32.2 Å². The molecule has 0 aliphatic carbocycles. The average Bonchev–Trinajstić information content (AvgIpc) is 2.75. The molecule has 4 nitrogen and oxygen atoms in total. The second kappa shape index (κ2) is 9.81. The van der Waals surface area contributed by atoms with E-state index < -0.39 is 24.5 Å². The molecule has 2 aromatic carbocycles. The van der Waals surface area contributed by atoms with E-state index in [0.29, 0.717) is 6.42 Å². The Morgan fingerprint density at radius 3 is 1.81 bits per heavy atom. The maximum Gasteiger partial charge on any atom is 0.434 e. The molecule has 0 aromatic heterocycles. The van der Waals surface area contributed by atoms with Crippen LogP contribution in [0.3, 0.4) is 0 Å². The summed E-state index contributed by atoms with van der Waals surface area (Å²) in [7, 11) is 0. The minimum Gasteiger partial charge on any atom is -0.426 e. The third-order valence-corrected chi connectivity index (χ3v) is 5.28. The van der Waals surface area contributed by atoms with Crippen molar-refractivity contribution in [2.75, 3.05) is 26.2 Å². The first-order valence-corrected chi connectivity index (χ1v) is 9.97. The fourth-order valence-electron chi connectivity index (χ4n) is 3.68. The van der Waals surface area contributed by atoms with Crippen molar-refractivity contribution in [1.82, 2.24) is 9.80 Å². The maximum absolute atomic E-state index is 12.7. The third kappa shape index (κ3) is 6.15. The minimum atomic E-state index is -5.73. The summed E-state index contributed by atoms with van der Waals surface area (Å²) >= 11 is 0. The second-order valence-corrected chi connectivity index (χ2v) is 7.49. The normalized spacial score (nSPS) is 16.8. The predicted octanol–water partition coefficient (Wildman–Crippen LogP) is 5.22. The summed E-state index contributed by atoms with van der Waals surface area (Å²) in [5, 5.41) is 0. The molecule has 1 saturated heterocycles. The highest BCUT2D eigenvalue weighted by molar-refractivity contribution is 5.68. The van der Waals surface area contributed by atoms with Crippen molar-refractivity contribution in [3.63, 3.8) is 0 Å². The van der Waals surface area contributed by atoms with E-state index in [4.69, 9.17) is 0 Å². The van der Waals surface area contributed by atoms with E-state index in [9.17, 15) is 31.1 Å².